The third-order valence-electron chi connectivity index (χ3n) is 2.48. The van der Waals surface area contributed by atoms with Gasteiger partial charge < -0.3 is 15.8 Å². The predicted octanol–water partition coefficient (Wildman–Crippen LogP) is 1.76. The van der Waals surface area contributed by atoms with Gasteiger partial charge in [-0.2, -0.15) is 11.8 Å². The third-order valence-corrected chi connectivity index (χ3v) is 3.45. The molecule has 0 aliphatic rings. The van der Waals surface area contributed by atoms with Crippen LogP contribution in [-0.2, 0) is 0 Å². The Bertz CT molecular complexity index is 396. The van der Waals surface area contributed by atoms with E-state index in [4.69, 9.17) is 10.5 Å². The van der Waals surface area contributed by atoms with Crippen LogP contribution in [0.4, 0.5) is 5.69 Å². The highest BCUT2D eigenvalue weighted by atomic mass is 32.2. The van der Waals surface area contributed by atoms with Gasteiger partial charge in [0.05, 0.1) is 18.4 Å². The number of carbonyl (C=O) groups excluding carboxylic acids is 1. The molecule has 0 fully saturated rings. The van der Waals surface area contributed by atoms with Crippen molar-refractivity contribution in [2.75, 3.05) is 25.6 Å². The number of nitrogens with one attached hydrogen (secondary N) is 1. The highest BCUT2D eigenvalue weighted by molar-refractivity contribution is 7.99. The lowest BCUT2D eigenvalue weighted by molar-refractivity contribution is 0.0955. The van der Waals surface area contributed by atoms with Crippen molar-refractivity contribution in [3.8, 4) is 5.75 Å². The molecule has 0 heterocycles. The van der Waals surface area contributed by atoms with Gasteiger partial charge in [-0.1, -0.05) is 13.0 Å². The molecule has 0 aliphatic carbocycles. The number of rotatable bonds is 5. The van der Waals surface area contributed by atoms with E-state index < -0.39 is 0 Å². The monoisotopic (exact) mass is 254 g/mol. The lowest BCUT2D eigenvalue weighted by atomic mass is 10.1. The SMILES string of the molecule is COc1cccc(C(=O)NCC(C)SC)c1N. The summed E-state index contributed by atoms with van der Waals surface area (Å²) in [6, 6.07) is 5.18. The minimum absolute atomic E-state index is 0.165. The molecule has 5 heteroatoms. The first-order valence-electron chi connectivity index (χ1n) is 5.33. The Labute approximate surface area is 106 Å². The first-order valence-corrected chi connectivity index (χ1v) is 6.62. The topological polar surface area (TPSA) is 64.3 Å². The molecule has 0 saturated carbocycles. The number of amides is 1. The highest BCUT2D eigenvalue weighted by Crippen LogP contribution is 2.24. The van der Waals surface area contributed by atoms with Crippen LogP contribution in [0.5, 0.6) is 5.75 Å². The standard InChI is InChI=1S/C12H18N2O2S/c1-8(17-3)7-14-12(15)9-5-4-6-10(16-2)11(9)13/h4-6,8H,7,13H2,1-3H3,(H,14,15). The molecular weight excluding hydrogens is 236 g/mol. The molecule has 0 aromatic heterocycles. The maximum atomic E-state index is 11.9. The third kappa shape index (κ3) is 3.56. The van der Waals surface area contributed by atoms with Crippen LogP contribution >= 0.6 is 11.8 Å². The number of benzene rings is 1. The number of nitrogen functional groups attached to an aromatic ring is 1. The summed E-state index contributed by atoms with van der Waals surface area (Å²) >= 11 is 1.70. The molecule has 0 saturated heterocycles. The quantitative estimate of drug-likeness (QED) is 0.786. The molecule has 94 valence electrons. The van der Waals surface area contributed by atoms with Crippen LogP contribution < -0.4 is 15.8 Å². The minimum atomic E-state index is -0.165. The van der Waals surface area contributed by atoms with Crippen molar-refractivity contribution < 1.29 is 9.53 Å². The molecule has 3 N–H and O–H groups in total. The van der Waals surface area contributed by atoms with Gasteiger partial charge in [-0.25, -0.2) is 0 Å². The second-order valence-corrected chi connectivity index (χ2v) is 4.95. The van der Waals surface area contributed by atoms with Crippen LogP contribution in [-0.4, -0.2) is 31.1 Å². The molecule has 1 aromatic rings. The summed E-state index contributed by atoms with van der Waals surface area (Å²) in [6.45, 7) is 2.68. The van der Waals surface area contributed by atoms with E-state index in [1.54, 1.807) is 30.0 Å². The van der Waals surface area contributed by atoms with E-state index in [1.165, 1.54) is 7.11 Å². The summed E-state index contributed by atoms with van der Waals surface area (Å²) < 4.78 is 5.07. The van der Waals surface area contributed by atoms with Crippen molar-refractivity contribution in [1.29, 1.82) is 0 Å². The Balaban J connectivity index is 2.75. The van der Waals surface area contributed by atoms with Crippen molar-refractivity contribution in [3.05, 3.63) is 23.8 Å². The molecule has 1 aromatic carbocycles. The van der Waals surface area contributed by atoms with E-state index in [1.807, 2.05) is 6.26 Å². The first-order chi connectivity index (χ1) is 8.10. The fourth-order valence-corrected chi connectivity index (χ4v) is 1.59. The molecule has 4 nitrogen and oxygen atoms in total. The van der Waals surface area contributed by atoms with E-state index in [-0.39, 0.29) is 5.91 Å². The predicted molar refractivity (Wildman–Crippen MR) is 72.7 cm³/mol. The smallest absolute Gasteiger partial charge is 0.253 e. The van der Waals surface area contributed by atoms with Crippen LogP contribution in [0.1, 0.15) is 17.3 Å². The van der Waals surface area contributed by atoms with Crippen molar-refractivity contribution in [1.82, 2.24) is 5.32 Å². The number of nitrogens with two attached hydrogens (primary N) is 1. The number of methoxy groups -OCH3 is 1. The van der Waals surface area contributed by atoms with E-state index in [9.17, 15) is 4.79 Å². The van der Waals surface area contributed by atoms with E-state index >= 15 is 0 Å². The summed E-state index contributed by atoms with van der Waals surface area (Å²) in [5.41, 5.74) is 6.68. The zero-order valence-electron chi connectivity index (χ0n) is 10.3. The van der Waals surface area contributed by atoms with Gasteiger partial charge in [-0.05, 0) is 18.4 Å². The average Bonchev–Trinajstić information content (AvgIpc) is 2.35. The van der Waals surface area contributed by atoms with Crippen LogP contribution in [0.2, 0.25) is 0 Å². The lowest BCUT2D eigenvalue weighted by Gasteiger charge is -2.12. The summed E-state index contributed by atoms with van der Waals surface area (Å²) in [4.78, 5) is 11.9. The van der Waals surface area contributed by atoms with E-state index in [0.717, 1.165) is 0 Å². The highest BCUT2D eigenvalue weighted by Gasteiger charge is 2.13. The summed E-state index contributed by atoms with van der Waals surface area (Å²) in [7, 11) is 1.53. The second-order valence-electron chi connectivity index (χ2n) is 3.68. The summed E-state index contributed by atoms with van der Waals surface area (Å²) in [5, 5.41) is 3.23. The normalized spacial score (nSPS) is 11.9. The summed E-state index contributed by atoms with van der Waals surface area (Å²) in [5.74, 6) is 0.359. The maximum absolute atomic E-state index is 11.9. The van der Waals surface area contributed by atoms with Gasteiger partial charge in [0, 0.05) is 11.8 Å². The number of anilines is 1. The number of hydrogen-bond donors (Lipinski definition) is 2. The maximum Gasteiger partial charge on any atom is 0.253 e. The van der Waals surface area contributed by atoms with Gasteiger partial charge in [0.1, 0.15) is 5.75 Å². The van der Waals surface area contributed by atoms with Crippen LogP contribution in [0.25, 0.3) is 0 Å². The van der Waals surface area contributed by atoms with Crippen molar-refractivity contribution >= 4 is 23.4 Å². The first kappa shape index (κ1) is 13.7. The van der Waals surface area contributed by atoms with Crippen molar-refractivity contribution in [2.45, 2.75) is 12.2 Å². The largest absolute Gasteiger partial charge is 0.495 e. The number of ether oxygens (including phenoxy) is 1. The van der Waals surface area contributed by atoms with E-state index in [2.05, 4.69) is 12.2 Å². The minimum Gasteiger partial charge on any atom is -0.495 e. The van der Waals surface area contributed by atoms with Gasteiger partial charge in [-0.3, -0.25) is 4.79 Å². The Morgan fingerprint density at radius 2 is 2.29 bits per heavy atom. The Morgan fingerprint density at radius 3 is 2.88 bits per heavy atom. The molecule has 0 aliphatic heterocycles. The van der Waals surface area contributed by atoms with Crippen molar-refractivity contribution in [3.63, 3.8) is 0 Å². The fourth-order valence-electron chi connectivity index (χ4n) is 1.34. The zero-order valence-corrected chi connectivity index (χ0v) is 11.1. The number of para-hydroxylation sites is 1. The Hall–Kier alpha value is -1.36. The van der Waals surface area contributed by atoms with Crippen LogP contribution in [0.15, 0.2) is 18.2 Å². The molecule has 0 spiro atoms. The van der Waals surface area contributed by atoms with Gasteiger partial charge >= 0.3 is 0 Å². The lowest BCUT2D eigenvalue weighted by Crippen LogP contribution is -2.29. The molecule has 0 bridgehead atoms. The fraction of sp³-hybridized carbons (Fsp3) is 0.417. The van der Waals surface area contributed by atoms with Crippen LogP contribution in [0.3, 0.4) is 0 Å². The number of hydrogen-bond acceptors (Lipinski definition) is 4. The van der Waals surface area contributed by atoms with Gasteiger partial charge in [-0.15, -0.1) is 0 Å². The number of carbonyl (C=O) groups is 1. The Morgan fingerprint density at radius 1 is 1.59 bits per heavy atom. The molecular formula is C12H18N2O2S. The molecule has 1 atom stereocenters. The number of thioether (sulfide) groups is 1. The molecule has 1 rings (SSSR count). The van der Waals surface area contributed by atoms with Gasteiger partial charge in [0.2, 0.25) is 0 Å². The summed E-state index contributed by atoms with van der Waals surface area (Å²) in [6.07, 6.45) is 2.01. The average molecular weight is 254 g/mol. The molecule has 17 heavy (non-hydrogen) atoms. The van der Waals surface area contributed by atoms with Crippen LogP contribution in [0, 0.1) is 0 Å². The zero-order chi connectivity index (χ0) is 12.8. The van der Waals surface area contributed by atoms with E-state index in [0.29, 0.717) is 28.8 Å². The molecule has 1 amide bonds. The molecule has 1 unspecified atom stereocenters. The van der Waals surface area contributed by atoms with Gasteiger partial charge in [0.15, 0.2) is 0 Å². The Kier molecular flexibility index (Phi) is 5.15. The van der Waals surface area contributed by atoms with Gasteiger partial charge in [0.25, 0.3) is 5.91 Å². The second kappa shape index (κ2) is 6.39. The molecule has 0 radical (unpaired) electrons. The van der Waals surface area contributed by atoms with Crippen molar-refractivity contribution in [2.24, 2.45) is 0 Å².